The van der Waals surface area contributed by atoms with Crippen LogP contribution in [0, 0.1) is 17.7 Å². The Bertz CT molecular complexity index is 751. The minimum atomic E-state index is -0.333. The molecular weight excluding hydrogens is 339 g/mol. The van der Waals surface area contributed by atoms with Gasteiger partial charge in [-0.05, 0) is 67.5 Å². The average molecular weight is 368 g/mol. The summed E-state index contributed by atoms with van der Waals surface area (Å²) >= 11 is 0. The number of halogens is 1. The highest BCUT2D eigenvalue weighted by Gasteiger charge is 2.15. The zero-order valence-electron chi connectivity index (χ0n) is 16.3. The molecule has 0 saturated heterocycles. The third kappa shape index (κ3) is 5.35. The quantitative estimate of drug-likeness (QED) is 0.485. The van der Waals surface area contributed by atoms with Crippen molar-refractivity contribution in [1.82, 2.24) is 0 Å². The summed E-state index contributed by atoms with van der Waals surface area (Å²) in [6, 6.07) is 12.9. The van der Waals surface area contributed by atoms with E-state index in [9.17, 15) is 4.39 Å². The summed E-state index contributed by atoms with van der Waals surface area (Å²) in [5.41, 5.74) is 1.80. The van der Waals surface area contributed by atoms with Crippen LogP contribution in [0.3, 0.4) is 0 Å². The topological polar surface area (TPSA) is 18.5 Å². The first-order valence-corrected chi connectivity index (χ1v) is 10.0. The molecule has 2 aromatic rings. The van der Waals surface area contributed by atoms with Gasteiger partial charge in [-0.1, -0.05) is 43.7 Å². The van der Waals surface area contributed by atoms with Gasteiger partial charge in [-0.25, -0.2) is 4.39 Å². The molecule has 0 saturated carbocycles. The highest BCUT2D eigenvalue weighted by molar-refractivity contribution is 5.65. The number of hydrogen-bond donors (Lipinski definition) is 0. The molecule has 1 aliphatic rings. The molecule has 0 radical (unpaired) electrons. The van der Waals surface area contributed by atoms with Crippen molar-refractivity contribution in [2.75, 3.05) is 13.2 Å². The maximum Gasteiger partial charge on any atom is 0.165 e. The molecule has 144 valence electrons. The maximum atomic E-state index is 14.0. The van der Waals surface area contributed by atoms with Crippen LogP contribution in [-0.4, -0.2) is 13.2 Å². The third-order valence-corrected chi connectivity index (χ3v) is 5.11. The van der Waals surface area contributed by atoms with E-state index in [0.29, 0.717) is 24.9 Å². The lowest BCUT2D eigenvalue weighted by molar-refractivity contribution is 0.254. The van der Waals surface area contributed by atoms with Gasteiger partial charge in [0.15, 0.2) is 11.6 Å². The van der Waals surface area contributed by atoms with Crippen LogP contribution in [0.1, 0.15) is 39.5 Å². The largest absolute Gasteiger partial charge is 0.493 e. The van der Waals surface area contributed by atoms with Crippen LogP contribution in [-0.2, 0) is 0 Å². The smallest absolute Gasteiger partial charge is 0.165 e. The van der Waals surface area contributed by atoms with E-state index < -0.39 is 0 Å². The van der Waals surface area contributed by atoms with Crippen LogP contribution in [0.4, 0.5) is 4.39 Å². The Kier molecular flexibility index (Phi) is 6.92. The Morgan fingerprint density at radius 1 is 0.889 bits per heavy atom. The number of benzene rings is 2. The van der Waals surface area contributed by atoms with Gasteiger partial charge >= 0.3 is 0 Å². The molecule has 2 nitrogen and oxygen atoms in total. The Morgan fingerprint density at radius 2 is 1.59 bits per heavy atom. The van der Waals surface area contributed by atoms with Crippen molar-refractivity contribution < 1.29 is 13.9 Å². The lowest BCUT2D eigenvalue weighted by Gasteiger charge is -2.22. The molecule has 27 heavy (non-hydrogen) atoms. The molecule has 1 aliphatic carbocycles. The summed E-state index contributed by atoms with van der Waals surface area (Å²) in [7, 11) is 0. The monoisotopic (exact) mass is 368 g/mol. The van der Waals surface area contributed by atoms with E-state index in [1.165, 1.54) is 31.7 Å². The number of allylic oxidation sites excluding steroid dienone is 1. The second-order valence-electron chi connectivity index (χ2n) is 7.18. The van der Waals surface area contributed by atoms with Gasteiger partial charge in [0.1, 0.15) is 5.75 Å². The van der Waals surface area contributed by atoms with E-state index in [2.05, 4.69) is 19.1 Å². The fraction of sp³-hybridized carbons (Fsp3) is 0.417. The van der Waals surface area contributed by atoms with Crippen LogP contribution < -0.4 is 9.47 Å². The van der Waals surface area contributed by atoms with Crippen LogP contribution in [0.2, 0.25) is 0 Å². The van der Waals surface area contributed by atoms with E-state index in [1.807, 2.05) is 37.3 Å². The van der Waals surface area contributed by atoms with Crippen LogP contribution in [0.15, 0.2) is 54.6 Å². The molecule has 2 atom stereocenters. The number of hydrogen-bond acceptors (Lipinski definition) is 2. The third-order valence-electron chi connectivity index (χ3n) is 5.11. The molecule has 0 aliphatic heterocycles. The molecular formula is C24H29FO2. The lowest BCUT2D eigenvalue weighted by Crippen LogP contribution is -2.15. The molecule has 0 aromatic heterocycles. The predicted molar refractivity (Wildman–Crippen MR) is 109 cm³/mol. The van der Waals surface area contributed by atoms with Gasteiger partial charge in [0.2, 0.25) is 0 Å². The minimum Gasteiger partial charge on any atom is -0.493 e. The fourth-order valence-electron chi connectivity index (χ4n) is 3.58. The Morgan fingerprint density at radius 3 is 2.22 bits per heavy atom. The van der Waals surface area contributed by atoms with E-state index in [-0.39, 0.29) is 5.82 Å². The van der Waals surface area contributed by atoms with Gasteiger partial charge in [0.25, 0.3) is 0 Å². The molecule has 3 rings (SSSR count). The van der Waals surface area contributed by atoms with E-state index in [4.69, 9.17) is 9.47 Å². The summed E-state index contributed by atoms with van der Waals surface area (Å²) in [5.74, 6) is 2.07. The number of rotatable bonds is 8. The molecule has 2 aromatic carbocycles. The Balaban J connectivity index is 1.56. The van der Waals surface area contributed by atoms with E-state index in [0.717, 1.165) is 22.8 Å². The average Bonchev–Trinajstić information content (AvgIpc) is 2.70. The van der Waals surface area contributed by atoms with Crippen molar-refractivity contribution in [3.05, 3.63) is 60.4 Å². The Hall–Kier alpha value is -2.29. The summed E-state index contributed by atoms with van der Waals surface area (Å²) < 4.78 is 25.3. The molecule has 0 heterocycles. The fourth-order valence-corrected chi connectivity index (χ4v) is 3.58. The highest BCUT2D eigenvalue weighted by Crippen LogP contribution is 2.29. The van der Waals surface area contributed by atoms with Gasteiger partial charge in [0.05, 0.1) is 13.2 Å². The number of ether oxygens (including phenoxy) is 2. The predicted octanol–water partition coefficient (Wildman–Crippen LogP) is 6.65. The zero-order valence-corrected chi connectivity index (χ0v) is 16.3. The van der Waals surface area contributed by atoms with Crippen molar-refractivity contribution in [3.63, 3.8) is 0 Å². The second-order valence-corrected chi connectivity index (χ2v) is 7.18. The van der Waals surface area contributed by atoms with E-state index in [1.54, 1.807) is 6.07 Å². The van der Waals surface area contributed by atoms with Crippen LogP contribution in [0.5, 0.6) is 11.5 Å². The van der Waals surface area contributed by atoms with Gasteiger partial charge in [-0.3, -0.25) is 0 Å². The molecule has 3 heteroatoms. The van der Waals surface area contributed by atoms with Crippen LogP contribution >= 0.6 is 0 Å². The van der Waals surface area contributed by atoms with Gasteiger partial charge in [0, 0.05) is 5.92 Å². The van der Waals surface area contributed by atoms with Crippen LogP contribution in [0.25, 0.3) is 11.1 Å². The van der Waals surface area contributed by atoms with Crippen molar-refractivity contribution in [2.24, 2.45) is 11.8 Å². The molecule has 0 bridgehead atoms. The van der Waals surface area contributed by atoms with Crippen molar-refractivity contribution in [3.8, 4) is 22.6 Å². The second kappa shape index (κ2) is 9.59. The Labute approximate surface area is 162 Å². The maximum absolute atomic E-state index is 14.0. The lowest BCUT2D eigenvalue weighted by atomic mass is 9.86. The van der Waals surface area contributed by atoms with Gasteiger partial charge < -0.3 is 9.47 Å². The molecule has 0 spiro atoms. The first kappa shape index (κ1) is 19.5. The SMILES string of the molecule is CCCC1C=CC(COc2ccc(-c3ccc(OCC)c(F)c3)cc2)CC1. The standard InChI is InChI=1S/C24H29FO2/c1-3-5-18-6-8-19(9-7-18)17-27-22-13-10-20(11-14-22)21-12-15-24(26-4-2)23(25)16-21/h6,8,10-16,18-19H,3-5,7,9,17H2,1-2H3. The summed E-state index contributed by atoms with van der Waals surface area (Å²) in [6.45, 7) is 5.26. The first-order valence-electron chi connectivity index (χ1n) is 10.0. The summed E-state index contributed by atoms with van der Waals surface area (Å²) in [6.07, 6.45) is 9.69. The molecule has 2 unspecified atom stereocenters. The van der Waals surface area contributed by atoms with Crippen molar-refractivity contribution in [2.45, 2.75) is 39.5 Å². The highest BCUT2D eigenvalue weighted by atomic mass is 19.1. The molecule has 0 fully saturated rings. The molecule has 0 amide bonds. The minimum absolute atomic E-state index is 0.294. The zero-order chi connectivity index (χ0) is 19.1. The van der Waals surface area contributed by atoms with Crippen molar-refractivity contribution in [1.29, 1.82) is 0 Å². The van der Waals surface area contributed by atoms with Gasteiger partial charge in [-0.2, -0.15) is 0 Å². The summed E-state index contributed by atoms with van der Waals surface area (Å²) in [4.78, 5) is 0. The first-order chi connectivity index (χ1) is 13.2. The van der Waals surface area contributed by atoms with Crippen molar-refractivity contribution >= 4 is 0 Å². The van der Waals surface area contributed by atoms with E-state index >= 15 is 0 Å². The normalized spacial score (nSPS) is 19.1. The summed E-state index contributed by atoms with van der Waals surface area (Å²) in [5, 5.41) is 0. The van der Waals surface area contributed by atoms with Gasteiger partial charge in [-0.15, -0.1) is 0 Å². The molecule has 0 N–H and O–H groups in total.